The molecule has 0 aromatic carbocycles. The van der Waals surface area contributed by atoms with Crippen molar-refractivity contribution in [2.45, 2.75) is 13.1 Å². The van der Waals surface area contributed by atoms with Crippen LogP contribution in [0.2, 0.25) is 0 Å². The molecule has 2 nitrogen and oxygen atoms in total. The van der Waals surface area contributed by atoms with E-state index in [-0.39, 0.29) is 5.78 Å². The van der Waals surface area contributed by atoms with Gasteiger partial charge >= 0.3 is 6.18 Å². The summed E-state index contributed by atoms with van der Waals surface area (Å²) in [5.74, 6) is -0.0711. The molecule has 0 aliphatic rings. The first-order valence-electron chi connectivity index (χ1n) is 5.02. The van der Waals surface area contributed by atoms with E-state index in [1.807, 2.05) is 0 Å². The molecule has 2 heterocycles. The largest absolute Gasteiger partial charge is 0.417 e. The molecular formula is C12H8F3NOS. The maximum atomic E-state index is 12.3. The molecule has 0 radical (unpaired) electrons. The van der Waals surface area contributed by atoms with Gasteiger partial charge in [0.05, 0.1) is 21.0 Å². The van der Waals surface area contributed by atoms with Gasteiger partial charge < -0.3 is 0 Å². The Hall–Kier alpha value is -1.69. The number of Topliss-reactive ketones (excluding diaryl/α,β-unsaturated/α-hetero) is 1. The molecule has 6 heteroatoms. The Morgan fingerprint density at radius 1 is 1.22 bits per heavy atom. The molecule has 0 N–H and O–H groups in total. The molecule has 0 aliphatic heterocycles. The van der Waals surface area contributed by atoms with E-state index >= 15 is 0 Å². The molecule has 0 bridgehead atoms. The van der Waals surface area contributed by atoms with E-state index in [1.165, 1.54) is 24.3 Å². The number of carbonyl (C=O) groups excluding carboxylic acids is 1. The van der Waals surface area contributed by atoms with Gasteiger partial charge in [0.15, 0.2) is 5.78 Å². The first kappa shape index (κ1) is 12.8. The predicted molar refractivity (Wildman–Crippen MR) is 62.6 cm³/mol. The smallest absolute Gasteiger partial charge is 0.294 e. The second kappa shape index (κ2) is 4.53. The van der Waals surface area contributed by atoms with Crippen molar-refractivity contribution in [3.63, 3.8) is 0 Å². The molecule has 0 spiro atoms. The van der Waals surface area contributed by atoms with Gasteiger partial charge in [-0.15, -0.1) is 11.3 Å². The van der Waals surface area contributed by atoms with Crippen molar-refractivity contribution in [1.29, 1.82) is 0 Å². The van der Waals surface area contributed by atoms with Crippen LogP contribution >= 0.6 is 11.3 Å². The van der Waals surface area contributed by atoms with Gasteiger partial charge in [0.1, 0.15) is 0 Å². The highest BCUT2D eigenvalue weighted by atomic mass is 32.1. The molecule has 0 atom stereocenters. The van der Waals surface area contributed by atoms with Gasteiger partial charge in [0.2, 0.25) is 0 Å². The summed E-state index contributed by atoms with van der Waals surface area (Å²) in [5, 5.41) is 0. The second-order valence-corrected chi connectivity index (χ2v) is 4.73. The fraction of sp³-hybridized carbons (Fsp3) is 0.167. The Kier molecular flexibility index (Phi) is 3.21. The monoisotopic (exact) mass is 271 g/mol. The van der Waals surface area contributed by atoms with Gasteiger partial charge in [-0.2, -0.15) is 13.2 Å². The molecular weight excluding hydrogens is 263 g/mol. The average molecular weight is 271 g/mol. The van der Waals surface area contributed by atoms with E-state index < -0.39 is 11.7 Å². The second-order valence-electron chi connectivity index (χ2n) is 3.65. The summed E-state index contributed by atoms with van der Waals surface area (Å²) in [6, 6.07) is 5.60. The van der Waals surface area contributed by atoms with Crippen molar-refractivity contribution >= 4 is 17.1 Å². The lowest BCUT2D eigenvalue weighted by atomic mass is 10.2. The van der Waals surface area contributed by atoms with Gasteiger partial charge in [-0.1, -0.05) is 0 Å². The van der Waals surface area contributed by atoms with Crippen molar-refractivity contribution in [3.8, 4) is 10.6 Å². The maximum Gasteiger partial charge on any atom is 0.417 e. The average Bonchev–Trinajstić information content (AvgIpc) is 2.77. The van der Waals surface area contributed by atoms with Crippen LogP contribution < -0.4 is 0 Å². The predicted octanol–water partition coefficient (Wildman–Crippen LogP) is 4.03. The first-order chi connectivity index (χ1) is 8.38. The number of ketones is 1. The third kappa shape index (κ3) is 2.59. The van der Waals surface area contributed by atoms with Crippen LogP contribution in [-0.2, 0) is 6.18 Å². The number of hydrogen-bond donors (Lipinski definition) is 0. The Bertz CT molecular complexity index is 572. The van der Waals surface area contributed by atoms with Gasteiger partial charge in [-0.25, -0.2) is 0 Å². The topological polar surface area (TPSA) is 30.0 Å². The maximum absolute atomic E-state index is 12.3. The summed E-state index contributed by atoms with van der Waals surface area (Å²) in [5.41, 5.74) is -0.352. The molecule has 0 aliphatic carbocycles. The summed E-state index contributed by atoms with van der Waals surface area (Å²) in [4.78, 5) is 16.1. The van der Waals surface area contributed by atoms with Crippen LogP contribution in [0.1, 0.15) is 22.2 Å². The Morgan fingerprint density at radius 3 is 2.39 bits per heavy atom. The molecule has 0 saturated carbocycles. The zero-order valence-corrected chi connectivity index (χ0v) is 10.1. The van der Waals surface area contributed by atoms with E-state index in [0.717, 1.165) is 12.3 Å². The summed E-state index contributed by atoms with van der Waals surface area (Å²) >= 11 is 1.21. The third-order valence-corrected chi connectivity index (χ3v) is 3.50. The van der Waals surface area contributed by atoms with Crippen LogP contribution in [0, 0.1) is 0 Å². The minimum absolute atomic E-state index is 0.0711. The van der Waals surface area contributed by atoms with E-state index in [0.29, 0.717) is 15.4 Å². The fourth-order valence-electron chi connectivity index (χ4n) is 1.37. The number of alkyl halides is 3. The van der Waals surface area contributed by atoms with Crippen molar-refractivity contribution in [1.82, 2.24) is 4.98 Å². The normalized spacial score (nSPS) is 11.6. The number of pyridine rings is 1. The third-order valence-electron chi connectivity index (χ3n) is 2.30. The molecule has 94 valence electrons. The summed E-state index contributed by atoms with van der Waals surface area (Å²) in [6.07, 6.45) is -3.59. The standard InChI is InChI=1S/C12H8F3NOS/c1-7(17)10-4-5-11(18-10)9-3-2-8(6-16-9)12(13,14)15/h2-6H,1H3. The highest BCUT2D eigenvalue weighted by Gasteiger charge is 2.30. The minimum atomic E-state index is -4.38. The molecule has 0 fully saturated rings. The van der Waals surface area contributed by atoms with E-state index in [9.17, 15) is 18.0 Å². The van der Waals surface area contributed by atoms with E-state index in [4.69, 9.17) is 0 Å². The van der Waals surface area contributed by atoms with Crippen LogP contribution in [0.3, 0.4) is 0 Å². The summed E-state index contributed by atoms with van der Waals surface area (Å²) in [7, 11) is 0. The van der Waals surface area contributed by atoms with Crippen LogP contribution in [0.15, 0.2) is 30.5 Å². The zero-order chi connectivity index (χ0) is 13.3. The van der Waals surface area contributed by atoms with Gasteiger partial charge in [-0.3, -0.25) is 9.78 Å². The first-order valence-corrected chi connectivity index (χ1v) is 5.84. The number of aromatic nitrogens is 1. The zero-order valence-electron chi connectivity index (χ0n) is 9.28. The minimum Gasteiger partial charge on any atom is -0.294 e. The van der Waals surface area contributed by atoms with Crippen LogP contribution in [0.25, 0.3) is 10.6 Å². The van der Waals surface area contributed by atoms with E-state index in [2.05, 4.69) is 4.98 Å². The van der Waals surface area contributed by atoms with Crippen LogP contribution in [0.5, 0.6) is 0 Å². The Morgan fingerprint density at radius 2 is 1.94 bits per heavy atom. The van der Waals surface area contributed by atoms with E-state index in [1.54, 1.807) is 12.1 Å². The molecule has 0 amide bonds. The van der Waals surface area contributed by atoms with Crippen LogP contribution in [0.4, 0.5) is 13.2 Å². The molecule has 0 unspecified atom stereocenters. The molecule has 18 heavy (non-hydrogen) atoms. The molecule has 2 rings (SSSR count). The molecule has 2 aromatic heterocycles. The highest BCUT2D eigenvalue weighted by molar-refractivity contribution is 7.17. The number of nitrogens with zero attached hydrogens (tertiary/aromatic N) is 1. The lowest BCUT2D eigenvalue weighted by molar-refractivity contribution is -0.137. The van der Waals surface area contributed by atoms with Gasteiger partial charge in [0, 0.05) is 6.20 Å². The quantitative estimate of drug-likeness (QED) is 0.772. The van der Waals surface area contributed by atoms with Gasteiger partial charge in [-0.05, 0) is 31.2 Å². The van der Waals surface area contributed by atoms with Crippen LogP contribution in [-0.4, -0.2) is 10.8 Å². The number of rotatable bonds is 2. The number of thiophene rings is 1. The molecule has 2 aromatic rings. The Balaban J connectivity index is 2.31. The Labute approximate surface area is 105 Å². The number of hydrogen-bond acceptors (Lipinski definition) is 3. The fourth-order valence-corrected chi connectivity index (χ4v) is 2.25. The number of halogens is 3. The highest BCUT2D eigenvalue weighted by Crippen LogP contribution is 2.31. The number of carbonyl (C=O) groups is 1. The van der Waals surface area contributed by atoms with Crippen molar-refractivity contribution in [2.24, 2.45) is 0 Å². The van der Waals surface area contributed by atoms with Crippen molar-refractivity contribution in [3.05, 3.63) is 40.9 Å². The van der Waals surface area contributed by atoms with Crippen molar-refractivity contribution < 1.29 is 18.0 Å². The van der Waals surface area contributed by atoms with Crippen molar-refractivity contribution in [2.75, 3.05) is 0 Å². The SMILES string of the molecule is CC(=O)c1ccc(-c2ccc(C(F)(F)F)cn2)s1. The summed E-state index contributed by atoms with van der Waals surface area (Å²) < 4.78 is 37.0. The van der Waals surface area contributed by atoms with Gasteiger partial charge in [0.25, 0.3) is 0 Å². The lowest BCUT2D eigenvalue weighted by Gasteiger charge is -2.05. The molecule has 0 saturated heterocycles. The summed E-state index contributed by atoms with van der Waals surface area (Å²) in [6.45, 7) is 1.44. The lowest BCUT2D eigenvalue weighted by Crippen LogP contribution is -2.04.